The van der Waals surface area contributed by atoms with Crippen LogP contribution in [0.3, 0.4) is 0 Å². The number of benzene rings is 12. The average Bonchev–Trinajstić information content (AvgIpc) is 3.93. The van der Waals surface area contributed by atoms with Crippen LogP contribution >= 0.6 is 0 Å². The fourth-order valence-corrected chi connectivity index (χ4v) is 13.2. The molecule has 3 aliphatic carbocycles. The molecule has 0 aliphatic heterocycles. The van der Waals surface area contributed by atoms with Crippen LogP contribution in [0.1, 0.15) is 47.2 Å². The SMILES string of the molecule is CC1(C)c2ccccc2-c2ccc(-c3c4ccccc4c(-c4ccc(-c5ccc6cc7c(cc6c5)C5(c6ccccc6-c6ccccc65)c5cc6ccccc6cc5-7)cc4)c4ccccc34)cc21. The van der Waals surface area contributed by atoms with Gasteiger partial charge in [-0.25, -0.2) is 0 Å². The van der Waals surface area contributed by atoms with Crippen molar-refractivity contribution in [2.45, 2.75) is 24.7 Å². The summed E-state index contributed by atoms with van der Waals surface area (Å²) in [6, 6.07) is 87.5. The summed E-state index contributed by atoms with van der Waals surface area (Å²) in [7, 11) is 0. The molecule has 15 rings (SSSR count). The van der Waals surface area contributed by atoms with Crippen molar-refractivity contribution in [3.63, 3.8) is 0 Å². The van der Waals surface area contributed by atoms with Gasteiger partial charge >= 0.3 is 0 Å². The van der Waals surface area contributed by atoms with Crippen molar-refractivity contribution >= 4 is 43.1 Å². The summed E-state index contributed by atoms with van der Waals surface area (Å²) in [5.74, 6) is 0. The highest BCUT2D eigenvalue weighted by atomic mass is 14.5. The fraction of sp³-hybridized carbons (Fsp3) is 0.0588. The molecule has 0 atom stereocenters. The summed E-state index contributed by atoms with van der Waals surface area (Å²) < 4.78 is 0. The highest BCUT2D eigenvalue weighted by Gasteiger charge is 2.51. The molecule has 1 spiro atoms. The van der Waals surface area contributed by atoms with Crippen LogP contribution in [0, 0.1) is 0 Å². The number of hydrogen-bond acceptors (Lipinski definition) is 0. The molecule has 3 aliphatic rings. The summed E-state index contributed by atoms with van der Waals surface area (Å²) in [6.07, 6.45) is 0. The van der Waals surface area contributed by atoms with Crippen molar-refractivity contribution in [2.24, 2.45) is 0 Å². The first-order valence-corrected chi connectivity index (χ1v) is 24.1. The van der Waals surface area contributed by atoms with Gasteiger partial charge in [0.2, 0.25) is 0 Å². The molecule has 0 saturated carbocycles. The first-order chi connectivity index (χ1) is 33.5. The standard InChI is InChI=1S/C68H44/c1-67(2)59-24-12-9-17-49(59)52-34-33-47(39-62(52)67)66-55-22-7-5-20-53(55)65(54-21-6-8-23-56(54)66)42-29-27-41(28-30-42)45-31-32-46-37-58-57-36-43-15-3-4-16-44(43)38-63(57)68(64(58)40-48(46)35-45)60-25-13-10-18-50(60)51-19-11-14-26-61(51)68/h3-40H,1-2H3. The molecule has 0 heterocycles. The Morgan fingerprint density at radius 3 is 1.25 bits per heavy atom. The maximum atomic E-state index is 2.52. The Hall–Kier alpha value is -8.32. The molecular weight excluding hydrogens is 817 g/mol. The zero-order chi connectivity index (χ0) is 44.9. The smallest absolute Gasteiger partial charge is 0.0619 e. The Kier molecular flexibility index (Phi) is 7.59. The topological polar surface area (TPSA) is 0 Å². The molecule has 0 bridgehead atoms. The quantitative estimate of drug-likeness (QED) is 0.155. The van der Waals surface area contributed by atoms with E-state index in [9.17, 15) is 0 Å². The van der Waals surface area contributed by atoms with Crippen LogP contribution in [-0.4, -0.2) is 0 Å². The van der Waals surface area contributed by atoms with E-state index in [4.69, 9.17) is 0 Å². The highest BCUT2D eigenvalue weighted by molar-refractivity contribution is 6.21. The van der Waals surface area contributed by atoms with E-state index in [0.29, 0.717) is 0 Å². The van der Waals surface area contributed by atoms with Crippen LogP contribution in [0.4, 0.5) is 0 Å². The zero-order valence-electron chi connectivity index (χ0n) is 37.9. The highest BCUT2D eigenvalue weighted by Crippen LogP contribution is 2.64. The second kappa shape index (κ2) is 13.6. The number of hydrogen-bond donors (Lipinski definition) is 0. The van der Waals surface area contributed by atoms with Crippen LogP contribution in [0.25, 0.3) is 110 Å². The maximum Gasteiger partial charge on any atom is 0.0725 e. The van der Waals surface area contributed by atoms with E-state index in [0.717, 1.165) is 0 Å². The number of rotatable bonds is 3. The lowest BCUT2D eigenvalue weighted by Gasteiger charge is -2.30. The van der Waals surface area contributed by atoms with Gasteiger partial charge in [-0.15, -0.1) is 0 Å². The van der Waals surface area contributed by atoms with Crippen molar-refractivity contribution in [1.82, 2.24) is 0 Å². The van der Waals surface area contributed by atoms with Gasteiger partial charge in [0.15, 0.2) is 0 Å². The molecule has 0 heteroatoms. The molecule has 12 aromatic carbocycles. The molecular formula is C68H44. The molecule has 0 saturated heterocycles. The molecule has 0 unspecified atom stereocenters. The Labute approximate surface area is 396 Å². The van der Waals surface area contributed by atoms with E-state index in [1.807, 2.05) is 0 Å². The fourth-order valence-electron chi connectivity index (χ4n) is 13.2. The normalized spacial score (nSPS) is 14.3. The van der Waals surface area contributed by atoms with Gasteiger partial charge in [0.1, 0.15) is 0 Å². The Balaban J connectivity index is 0.868. The van der Waals surface area contributed by atoms with E-state index in [-0.39, 0.29) is 5.41 Å². The predicted octanol–water partition coefficient (Wildman–Crippen LogP) is 18.0. The van der Waals surface area contributed by atoms with Crippen molar-refractivity contribution in [2.75, 3.05) is 0 Å². The summed E-state index contributed by atoms with van der Waals surface area (Å²) in [5.41, 5.74) is 23.4. The Morgan fingerprint density at radius 1 is 0.235 bits per heavy atom. The van der Waals surface area contributed by atoms with Crippen molar-refractivity contribution in [1.29, 1.82) is 0 Å². The molecule has 0 fully saturated rings. The van der Waals surface area contributed by atoms with Crippen LogP contribution in [0.2, 0.25) is 0 Å². The minimum absolute atomic E-state index is 0.0711. The van der Waals surface area contributed by atoms with Crippen LogP contribution in [-0.2, 0) is 10.8 Å². The molecule has 12 aromatic rings. The average molecular weight is 861 g/mol. The van der Waals surface area contributed by atoms with E-state index in [1.54, 1.807) is 0 Å². The second-order valence-corrected chi connectivity index (χ2v) is 19.9. The first kappa shape index (κ1) is 37.9. The maximum absolute atomic E-state index is 2.52. The van der Waals surface area contributed by atoms with Gasteiger partial charge in [-0.3, -0.25) is 0 Å². The largest absolute Gasteiger partial charge is 0.0725 e. The monoisotopic (exact) mass is 860 g/mol. The van der Waals surface area contributed by atoms with Gasteiger partial charge in [-0.2, -0.15) is 0 Å². The lowest BCUT2D eigenvalue weighted by atomic mass is 9.70. The summed E-state index contributed by atoms with van der Waals surface area (Å²) in [6.45, 7) is 4.75. The molecule has 0 nitrogen and oxygen atoms in total. The van der Waals surface area contributed by atoms with Gasteiger partial charge < -0.3 is 0 Å². The lowest BCUT2D eigenvalue weighted by Crippen LogP contribution is -2.25. The van der Waals surface area contributed by atoms with Crippen LogP contribution in [0.15, 0.2) is 231 Å². The number of fused-ring (bicyclic) bond motifs is 17. The second-order valence-electron chi connectivity index (χ2n) is 19.9. The van der Waals surface area contributed by atoms with Gasteiger partial charge in [0.25, 0.3) is 0 Å². The summed E-state index contributed by atoms with van der Waals surface area (Å²) in [5, 5.41) is 10.2. The third-order valence-electron chi connectivity index (χ3n) is 16.2. The molecule has 0 N–H and O–H groups in total. The van der Waals surface area contributed by atoms with Gasteiger partial charge in [0.05, 0.1) is 5.41 Å². The van der Waals surface area contributed by atoms with E-state index < -0.39 is 5.41 Å². The molecule has 68 heavy (non-hydrogen) atoms. The third-order valence-corrected chi connectivity index (χ3v) is 16.2. The van der Waals surface area contributed by atoms with E-state index in [2.05, 4.69) is 244 Å². The molecule has 0 aromatic heterocycles. The molecule has 0 amide bonds. The van der Waals surface area contributed by atoms with Crippen molar-refractivity contribution in [3.05, 3.63) is 264 Å². The summed E-state index contributed by atoms with van der Waals surface area (Å²) >= 11 is 0. The predicted molar refractivity (Wildman–Crippen MR) is 287 cm³/mol. The van der Waals surface area contributed by atoms with E-state index >= 15 is 0 Å². The lowest BCUT2D eigenvalue weighted by molar-refractivity contribution is 0.660. The molecule has 0 radical (unpaired) electrons. The Morgan fingerprint density at radius 2 is 0.647 bits per heavy atom. The van der Waals surface area contributed by atoms with Gasteiger partial charge in [0, 0.05) is 5.41 Å². The zero-order valence-corrected chi connectivity index (χ0v) is 37.9. The Bertz CT molecular complexity index is 4060. The van der Waals surface area contributed by atoms with Gasteiger partial charge in [-0.05, 0) is 180 Å². The third kappa shape index (κ3) is 4.94. The van der Waals surface area contributed by atoms with Crippen LogP contribution < -0.4 is 0 Å². The van der Waals surface area contributed by atoms with Crippen molar-refractivity contribution in [3.8, 4) is 66.8 Å². The van der Waals surface area contributed by atoms with Gasteiger partial charge in [-0.1, -0.05) is 208 Å². The minimum Gasteiger partial charge on any atom is -0.0619 e. The van der Waals surface area contributed by atoms with E-state index in [1.165, 1.54) is 143 Å². The summed E-state index contributed by atoms with van der Waals surface area (Å²) in [4.78, 5) is 0. The van der Waals surface area contributed by atoms with Crippen LogP contribution in [0.5, 0.6) is 0 Å². The van der Waals surface area contributed by atoms with Crippen molar-refractivity contribution < 1.29 is 0 Å². The minimum atomic E-state index is -0.405. The first-order valence-electron chi connectivity index (χ1n) is 24.1. The molecule has 316 valence electrons.